The van der Waals surface area contributed by atoms with Gasteiger partial charge < -0.3 is 9.84 Å². The highest BCUT2D eigenvalue weighted by atomic mass is 16.5. The standard InChI is InChI=1S/C13H18O4/c1-13(2)6-8(14)11(9(15)7-13)12(16)10-4-3-5-17-10/h10,16H,3-7H2,1-2H3. The molecular formula is C13H18O4. The molecule has 0 radical (unpaired) electrons. The number of aliphatic hydroxyl groups excluding tert-OH is 1. The van der Waals surface area contributed by atoms with E-state index in [0.29, 0.717) is 25.9 Å². The highest BCUT2D eigenvalue weighted by Gasteiger charge is 2.39. The van der Waals surface area contributed by atoms with Gasteiger partial charge in [-0.1, -0.05) is 13.8 Å². The van der Waals surface area contributed by atoms with Crippen molar-refractivity contribution in [2.75, 3.05) is 6.61 Å². The fraction of sp³-hybridized carbons (Fsp3) is 0.692. The first kappa shape index (κ1) is 12.3. The summed E-state index contributed by atoms with van der Waals surface area (Å²) in [6.45, 7) is 4.36. The van der Waals surface area contributed by atoms with Crippen LogP contribution in [0.3, 0.4) is 0 Å². The monoisotopic (exact) mass is 238 g/mol. The minimum atomic E-state index is -0.459. The van der Waals surface area contributed by atoms with E-state index in [1.54, 1.807) is 0 Å². The Bertz CT molecular complexity index is 364. The SMILES string of the molecule is CC1(C)CC(=O)C(=C(O)C2CCCO2)C(=O)C1. The third-order valence-electron chi connectivity index (χ3n) is 3.33. The maximum atomic E-state index is 11.9. The van der Waals surface area contributed by atoms with Crippen molar-refractivity contribution in [1.29, 1.82) is 0 Å². The van der Waals surface area contributed by atoms with Crippen molar-refractivity contribution >= 4 is 11.6 Å². The van der Waals surface area contributed by atoms with Gasteiger partial charge in [-0.15, -0.1) is 0 Å². The van der Waals surface area contributed by atoms with Gasteiger partial charge in [-0.05, 0) is 18.3 Å². The lowest BCUT2D eigenvalue weighted by Crippen LogP contribution is -2.33. The minimum absolute atomic E-state index is 0.0174. The summed E-state index contributed by atoms with van der Waals surface area (Å²) < 4.78 is 5.30. The molecule has 1 saturated carbocycles. The van der Waals surface area contributed by atoms with Gasteiger partial charge in [0, 0.05) is 19.4 Å². The lowest BCUT2D eigenvalue weighted by atomic mass is 9.73. The second-order valence-corrected chi connectivity index (χ2v) is 5.63. The predicted molar refractivity (Wildman–Crippen MR) is 61.7 cm³/mol. The van der Waals surface area contributed by atoms with Crippen LogP contribution >= 0.6 is 0 Å². The van der Waals surface area contributed by atoms with Gasteiger partial charge in [-0.25, -0.2) is 0 Å². The Morgan fingerprint density at radius 3 is 2.35 bits per heavy atom. The summed E-state index contributed by atoms with van der Waals surface area (Å²) in [4.78, 5) is 23.8. The van der Waals surface area contributed by atoms with Crippen LogP contribution in [0.25, 0.3) is 0 Å². The smallest absolute Gasteiger partial charge is 0.170 e. The highest BCUT2D eigenvalue weighted by molar-refractivity contribution is 6.22. The van der Waals surface area contributed by atoms with Crippen molar-refractivity contribution in [2.45, 2.75) is 45.6 Å². The number of Topliss-reactive ketones (excluding diaryl/α,β-unsaturated/α-hetero) is 2. The van der Waals surface area contributed by atoms with Gasteiger partial charge in [0.2, 0.25) is 0 Å². The van der Waals surface area contributed by atoms with E-state index in [4.69, 9.17) is 4.74 Å². The van der Waals surface area contributed by atoms with E-state index >= 15 is 0 Å². The molecule has 4 nitrogen and oxygen atoms in total. The average molecular weight is 238 g/mol. The molecule has 2 aliphatic rings. The molecule has 0 aromatic rings. The zero-order valence-electron chi connectivity index (χ0n) is 10.3. The van der Waals surface area contributed by atoms with Crippen LogP contribution in [0, 0.1) is 5.41 Å². The zero-order valence-corrected chi connectivity index (χ0v) is 10.3. The van der Waals surface area contributed by atoms with Crippen LogP contribution < -0.4 is 0 Å². The van der Waals surface area contributed by atoms with Crippen molar-refractivity contribution in [3.63, 3.8) is 0 Å². The molecule has 17 heavy (non-hydrogen) atoms. The molecule has 0 spiro atoms. The summed E-state index contributed by atoms with van der Waals surface area (Å²) in [7, 11) is 0. The number of rotatable bonds is 1. The molecule has 0 aromatic carbocycles. The van der Waals surface area contributed by atoms with E-state index in [-0.39, 0.29) is 28.3 Å². The molecular weight excluding hydrogens is 220 g/mol. The summed E-state index contributed by atoms with van der Waals surface area (Å²) in [5.41, 5.74) is -0.315. The Morgan fingerprint density at radius 1 is 1.29 bits per heavy atom. The van der Waals surface area contributed by atoms with Crippen LogP contribution in [0.4, 0.5) is 0 Å². The van der Waals surface area contributed by atoms with E-state index in [1.807, 2.05) is 13.8 Å². The van der Waals surface area contributed by atoms with E-state index < -0.39 is 6.10 Å². The minimum Gasteiger partial charge on any atom is -0.509 e. The molecule has 94 valence electrons. The molecule has 2 rings (SSSR count). The first-order valence-electron chi connectivity index (χ1n) is 6.02. The predicted octanol–water partition coefficient (Wildman–Crippen LogP) is 1.94. The van der Waals surface area contributed by atoms with E-state index in [2.05, 4.69) is 0 Å². The van der Waals surface area contributed by atoms with Gasteiger partial charge in [0.05, 0.1) is 0 Å². The highest BCUT2D eigenvalue weighted by Crippen LogP contribution is 2.35. The zero-order chi connectivity index (χ0) is 12.6. The summed E-state index contributed by atoms with van der Waals surface area (Å²) in [6.07, 6.45) is 1.70. The third-order valence-corrected chi connectivity index (χ3v) is 3.33. The Kier molecular flexibility index (Phi) is 3.08. The molecule has 4 heteroatoms. The maximum Gasteiger partial charge on any atom is 0.170 e. The lowest BCUT2D eigenvalue weighted by Gasteiger charge is -2.29. The van der Waals surface area contributed by atoms with Crippen LogP contribution in [0.5, 0.6) is 0 Å². The molecule has 0 bridgehead atoms. The molecule has 0 amide bonds. The molecule has 2 fully saturated rings. The Labute approximate surface area is 101 Å². The topological polar surface area (TPSA) is 63.6 Å². The molecule has 1 N–H and O–H groups in total. The first-order chi connectivity index (χ1) is 7.91. The van der Waals surface area contributed by atoms with Crippen LogP contribution in [0.2, 0.25) is 0 Å². The number of ether oxygens (including phenoxy) is 1. The fourth-order valence-electron chi connectivity index (χ4n) is 2.50. The van der Waals surface area contributed by atoms with Crippen molar-refractivity contribution in [3.05, 3.63) is 11.3 Å². The van der Waals surface area contributed by atoms with E-state index in [1.165, 1.54) is 0 Å². The molecule has 1 aliphatic carbocycles. The van der Waals surface area contributed by atoms with Crippen molar-refractivity contribution in [1.82, 2.24) is 0 Å². The Balaban J connectivity index is 2.28. The van der Waals surface area contributed by atoms with Gasteiger partial charge >= 0.3 is 0 Å². The summed E-state index contributed by atoms with van der Waals surface area (Å²) >= 11 is 0. The molecule has 1 atom stereocenters. The van der Waals surface area contributed by atoms with Gasteiger partial charge in [0.15, 0.2) is 11.6 Å². The molecule has 1 unspecified atom stereocenters. The number of hydrogen-bond acceptors (Lipinski definition) is 4. The lowest BCUT2D eigenvalue weighted by molar-refractivity contribution is -0.127. The molecule has 1 aliphatic heterocycles. The quantitative estimate of drug-likeness (QED) is 0.431. The fourth-order valence-corrected chi connectivity index (χ4v) is 2.50. The van der Waals surface area contributed by atoms with Gasteiger partial charge in [-0.2, -0.15) is 0 Å². The molecule has 1 saturated heterocycles. The van der Waals surface area contributed by atoms with Crippen molar-refractivity contribution in [2.24, 2.45) is 5.41 Å². The Morgan fingerprint density at radius 2 is 1.88 bits per heavy atom. The largest absolute Gasteiger partial charge is 0.509 e. The maximum absolute atomic E-state index is 11.9. The van der Waals surface area contributed by atoms with Crippen molar-refractivity contribution in [3.8, 4) is 0 Å². The molecule has 0 aromatic heterocycles. The van der Waals surface area contributed by atoms with Gasteiger partial charge in [-0.3, -0.25) is 9.59 Å². The number of carbonyl (C=O) groups excluding carboxylic acids is 2. The van der Waals surface area contributed by atoms with Crippen LogP contribution in [0.15, 0.2) is 11.3 Å². The van der Waals surface area contributed by atoms with Crippen molar-refractivity contribution < 1.29 is 19.4 Å². The average Bonchev–Trinajstić information content (AvgIpc) is 2.66. The van der Waals surface area contributed by atoms with E-state index in [0.717, 1.165) is 6.42 Å². The second-order valence-electron chi connectivity index (χ2n) is 5.63. The number of ketones is 2. The summed E-state index contributed by atoms with van der Waals surface area (Å²) in [5, 5.41) is 10.00. The summed E-state index contributed by atoms with van der Waals surface area (Å²) in [6, 6.07) is 0. The molecule has 1 heterocycles. The number of carbonyl (C=O) groups is 2. The Hall–Kier alpha value is -1.16. The van der Waals surface area contributed by atoms with E-state index in [9.17, 15) is 14.7 Å². The number of aliphatic hydroxyl groups is 1. The number of hydrogen-bond donors (Lipinski definition) is 1. The summed E-state index contributed by atoms with van der Waals surface area (Å²) in [5.74, 6) is -0.647. The van der Waals surface area contributed by atoms with Crippen LogP contribution in [-0.2, 0) is 14.3 Å². The normalized spacial score (nSPS) is 28.6. The third kappa shape index (κ3) is 2.41. The van der Waals surface area contributed by atoms with Gasteiger partial charge in [0.1, 0.15) is 17.4 Å². The first-order valence-corrected chi connectivity index (χ1v) is 6.02. The van der Waals surface area contributed by atoms with Crippen LogP contribution in [0.1, 0.15) is 39.5 Å². The van der Waals surface area contributed by atoms with Crippen LogP contribution in [-0.4, -0.2) is 29.4 Å². The van der Waals surface area contributed by atoms with Gasteiger partial charge in [0.25, 0.3) is 0 Å². The number of allylic oxidation sites excluding steroid dienone is 1. The second kappa shape index (κ2) is 4.26.